The number of hydrogen-bond acceptors (Lipinski definition) is 3. The van der Waals surface area contributed by atoms with Gasteiger partial charge in [-0.05, 0) is 49.5 Å². The molecule has 0 aromatic carbocycles. The van der Waals surface area contributed by atoms with E-state index < -0.39 is 0 Å². The van der Waals surface area contributed by atoms with Crippen molar-refractivity contribution in [2.45, 2.75) is 45.6 Å². The van der Waals surface area contributed by atoms with E-state index in [9.17, 15) is 0 Å². The Morgan fingerprint density at radius 2 is 1.79 bits per heavy atom. The Bertz CT molecular complexity index is 425. The maximum atomic E-state index is 6.38. The monoisotopic (exact) mass is 281 g/mol. The van der Waals surface area contributed by atoms with Crippen LogP contribution < -0.4 is 11.5 Å². The van der Waals surface area contributed by atoms with Crippen LogP contribution in [0.15, 0.2) is 12.3 Å². The van der Waals surface area contributed by atoms with Gasteiger partial charge in [-0.1, -0.05) is 25.4 Å². The molecule has 1 saturated carbocycles. The summed E-state index contributed by atoms with van der Waals surface area (Å²) >= 11 is 5.99. The van der Waals surface area contributed by atoms with E-state index in [4.69, 9.17) is 23.1 Å². The molecule has 2 rings (SSSR count). The first-order valence-electron chi connectivity index (χ1n) is 7.15. The first kappa shape index (κ1) is 14.6. The molecule has 1 heterocycles. The molecule has 0 aliphatic heterocycles. The molecule has 1 atom stereocenters. The van der Waals surface area contributed by atoms with Gasteiger partial charge in [-0.25, -0.2) is 4.98 Å². The van der Waals surface area contributed by atoms with Gasteiger partial charge in [-0.15, -0.1) is 0 Å². The summed E-state index contributed by atoms with van der Waals surface area (Å²) in [6, 6.07) is 1.82. The summed E-state index contributed by atoms with van der Waals surface area (Å²) in [5.41, 5.74) is 13.2. The molecule has 19 heavy (non-hydrogen) atoms. The predicted molar refractivity (Wildman–Crippen MR) is 80.9 cm³/mol. The summed E-state index contributed by atoms with van der Waals surface area (Å²) in [5.74, 6) is 2.63. The van der Waals surface area contributed by atoms with Crippen LogP contribution in [0, 0.1) is 17.8 Å². The van der Waals surface area contributed by atoms with Crippen molar-refractivity contribution in [2.75, 3.05) is 5.73 Å². The smallest absolute Gasteiger partial charge is 0.128 e. The van der Waals surface area contributed by atoms with E-state index in [1.54, 1.807) is 6.20 Å². The third-order valence-electron chi connectivity index (χ3n) is 4.54. The van der Waals surface area contributed by atoms with Gasteiger partial charge < -0.3 is 11.5 Å². The number of halogens is 1. The summed E-state index contributed by atoms with van der Waals surface area (Å²) in [4.78, 5) is 4.10. The van der Waals surface area contributed by atoms with Gasteiger partial charge in [0, 0.05) is 17.8 Å². The molecule has 1 unspecified atom stereocenters. The summed E-state index contributed by atoms with van der Waals surface area (Å²) in [7, 11) is 0. The molecule has 0 spiro atoms. The molecule has 3 nitrogen and oxygen atoms in total. The van der Waals surface area contributed by atoms with Crippen molar-refractivity contribution in [3.8, 4) is 0 Å². The molecule has 0 amide bonds. The second kappa shape index (κ2) is 6.10. The summed E-state index contributed by atoms with van der Waals surface area (Å²) in [5, 5.41) is 0.607. The fourth-order valence-corrected chi connectivity index (χ4v) is 3.32. The molecular formula is C15H24ClN3. The van der Waals surface area contributed by atoms with Crippen molar-refractivity contribution < 1.29 is 0 Å². The lowest BCUT2D eigenvalue weighted by Gasteiger charge is -2.34. The number of nitrogen functional groups attached to an aromatic ring is 1. The molecule has 4 N–H and O–H groups in total. The average Bonchev–Trinajstić information content (AvgIpc) is 2.41. The van der Waals surface area contributed by atoms with Gasteiger partial charge >= 0.3 is 0 Å². The van der Waals surface area contributed by atoms with Gasteiger partial charge in [0.25, 0.3) is 0 Å². The van der Waals surface area contributed by atoms with Crippen molar-refractivity contribution in [1.29, 1.82) is 0 Å². The first-order chi connectivity index (χ1) is 8.99. The molecule has 1 aromatic heterocycles. The molecule has 106 valence electrons. The van der Waals surface area contributed by atoms with E-state index in [0.29, 0.717) is 16.8 Å². The van der Waals surface area contributed by atoms with Gasteiger partial charge in [0.1, 0.15) is 5.82 Å². The van der Waals surface area contributed by atoms with Crippen LogP contribution >= 0.6 is 11.6 Å². The molecule has 4 heteroatoms. The second-order valence-corrected chi connectivity index (χ2v) is 6.51. The molecule has 1 aliphatic carbocycles. The van der Waals surface area contributed by atoms with Gasteiger partial charge in [0.2, 0.25) is 0 Å². The lowest BCUT2D eigenvalue weighted by Crippen LogP contribution is -2.28. The average molecular weight is 282 g/mol. The molecule has 1 aliphatic rings. The van der Waals surface area contributed by atoms with E-state index in [0.717, 1.165) is 17.4 Å². The topological polar surface area (TPSA) is 64.9 Å². The Hall–Kier alpha value is -0.800. The standard InChI is InChI=1S/C15H24ClN3/c1-9(2)10-3-5-11(6-4-10)14(17)13-7-12(16)8-19-15(13)18/h7-11,14H,3-6,17H2,1-2H3,(H2,18,19). The number of rotatable bonds is 3. The van der Waals surface area contributed by atoms with E-state index in [1.165, 1.54) is 25.7 Å². The Morgan fingerprint density at radius 1 is 1.21 bits per heavy atom. The van der Waals surface area contributed by atoms with Crippen molar-refractivity contribution >= 4 is 17.4 Å². The van der Waals surface area contributed by atoms with Crippen molar-refractivity contribution in [3.05, 3.63) is 22.8 Å². The predicted octanol–water partition coefficient (Wildman–Crippen LogP) is 3.78. The summed E-state index contributed by atoms with van der Waals surface area (Å²) < 4.78 is 0. The molecule has 0 bridgehead atoms. The summed E-state index contributed by atoms with van der Waals surface area (Å²) in [6.07, 6.45) is 6.46. The SMILES string of the molecule is CC(C)C1CCC(C(N)c2cc(Cl)cnc2N)CC1. The molecule has 0 radical (unpaired) electrons. The number of anilines is 1. The van der Waals surface area contributed by atoms with Crippen LogP contribution in [0.4, 0.5) is 5.82 Å². The minimum absolute atomic E-state index is 0.0423. The van der Waals surface area contributed by atoms with Crippen LogP contribution in [0.5, 0.6) is 0 Å². The van der Waals surface area contributed by atoms with Crippen LogP contribution in [0.2, 0.25) is 5.02 Å². The molecule has 1 aromatic rings. The van der Waals surface area contributed by atoms with Crippen LogP contribution in [-0.4, -0.2) is 4.98 Å². The van der Waals surface area contributed by atoms with Gasteiger partial charge in [-0.2, -0.15) is 0 Å². The van der Waals surface area contributed by atoms with Crippen molar-refractivity contribution in [3.63, 3.8) is 0 Å². The Labute approximate surface area is 120 Å². The third-order valence-corrected chi connectivity index (χ3v) is 4.75. The van der Waals surface area contributed by atoms with Crippen molar-refractivity contribution in [2.24, 2.45) is 23.5 Å². The fraction of sp³-hybridized carbons (Fsp3) is 0.667. The zero-order chi connectivity index (χ0) is 14.0. The van der Waals surface area contributed by atoms with Crippen LogP contribution in [-0.2, 0) is 0 Å². The van der Waals surface area contributed by atoms with Gasteiger partial charge in [0.15, 0.2) is 0 Å². The van der Waals surface area contributed by atoms with E-state index in [2.05, 4.69) is 18.8 Å². The van der Waals surface area contributed by atoms with Gasteiger partial charge in [0.05, 0.1) is 5.02 Å². The highest BCUT2D eigenvalue weighted by Crippen LogP contribution is 2.39. The molecule has 0 saturated heterocycles. The molecule has 1 fully saturated rings. The Balaban J connectivity index is 2.05. The number of pyridine rings is 1. The molecular weight excluding hydrogens is 258 g/mol. The zero-order valence-electron chi connectivity index (χ0n) is 11.8. The lowest BCUT2D eigenvalue weighted by atomic mass is 9.73. The normalized spacial score (nSPS) is 25.5. The minimum Gasteiger partial charge on any atom is -0.383 e. The second-order valence-electron chi connectivity index (χ2n) is 6.07. The van der Waals surface area contributed by atoms with Crippen LogP contribution in [0.1, 0.15) is 51.1 Å². The van der Waals surface area contributed by atoms with Crippen LogP contribution in [0.25, 0.3) is 0 Å². The van der Waals surface area contributed by atoms with Crippen LogP contribution in [0.3, 0.4) is 0 Å². The van der Waals surface area contributed by atoms with Crippen molar-refractivity contribution in [1.82, 2.24) is 4.98 Å². The third kappa shape index (κ3) is 3.40. The van der Waals surface area contributed by atoms with Gasteiger partial charge in [-0.3, -0.25) is 0 Å². The number of hydrogen-bond donors (Lipinski definition) is 2. The first-order valence-corrected chi connectivity index (χ1v) is 7.53. The maximum Gasteiger partial charge on any atom is 0.128 e. The zero-order valence-corrected chi connectivity index (χ0v) is 12.5. The lowest BCUT2D eigenvalue weighted by molar-refractivity contribution is 0.204. The minimum atomic E-state index is -0.0423. The number of nitrogens with zero attached hydrogens (tertiary/aromatic N) is 1. The number of nitrogens with two attached hydrogens (primary N) is 2. The highest BCUT2D eigenvalue weighted by Gasteiger charge is 2.28. The quantitative estimate of drug-likeness (QED) is 0.886. The highest BCUT2D eigenvalue weighted by molar-refractivity contribution is 6.30. The summed E-state index contributed by atoms with van der Waals surface area (Å²) in [6.45, 7) is 4.62. The largest absolute Gasteiger partial charge is 0.383 e. The Morgan fingerprint density at radius 3 is 2.37 bits per heavy atom. The van der Waals surface area contributed by atoms with E-state index in [-0.39, 0.29) is 6.04 Å². The highest BCUT2D eigenvalue weighted by atomic mass is 35.5. The van der Waals surface area contributed by atoms with E-state index >= 15 is 0 Å². The maximum absolute atomic E-state index is 6.38. The van der Waals surface area contributed by atoms with E-state index in [1.807, 2.05) is 6.07 Å². The fourth-order valence-electron chi connectivity index (χ4n) is 3.16. The number of aromatic nitrogens is 1. The Kier molecular flexibility index (Phi) is 4.69.